The zero-order chi connectivity index (χ0) is 11.1. The molecule has 0 saturated heterocycles. The first-order valence-corrected chi connectivity index (χ1v) is 6.59. The molecule has 5 heteroatoms. The molecule has 2 rings (SSSR count). The van der Waals surface area contributed by atoms with E-state index in [0.717, 1.165) is 11.3 Å². The highest BCUT2D eigenvalue weighted by molar-refractivity contribution is 7.91. The van der Waals surface area contributed by atoms with Crippen molar-refractivity contribution in [3.05, 3.63) is 53.9 Å². The summed E-state index contributed by atoms with van der Waals surface area (Å²) in [6.07, 6.45) is 0. The maximum atomic E-state index is 10.5. The van der Waals surface area contributed by atoms with Crippen LogP contribution in [0.2, 0.25) is 0 Å². The van der Waals surface area contributed by atoms with E-state index in [0.29, 0.717) is 0 Å². The van der Waals surface area contributed by atoms with Gasteiger partial charge in [0.05, 0.1) is 0 Å². The Morgan fingerprint density at radius 2 is 1.40 bits per heavy atom. The Bertz CT molecular complexity index is 437. The summed E-state index contributed by atoms with van der Waals surface area (Å²) < 4.78 is 21.2. The summed E-state index contributed by atoms with van der Waals surface area (Å²) in [7, 11) is -3.44. The van der Waals surface area contributed by atoms with Crippen LogP contribution >= 0.6 is 11.3 Å². The average Bonchev–Trinajstić information content (AvgIpc) is 2.73. The van der Waals surface area contributed by atoms with Gasteiger partial charge in [-0.3, -0.25) is 0 Å². The summed E-state index contributed by atoms with van der Waals surface area (Å²) in [5.74, 6) is 0. The van der Waals surface area contributed by atoms with Gasteiger partial charge in [-0.1, -0.05) is 42.5 Å². The lowest BCUT2D eigenvalue weighted by Crippen LogP contribution is -2.09. The highest BCUT2D eigenvalue weighted by atomic mass is 32.2. The summed E-state index contributed by atoms with van der Waals surface area (Å²) in [6.45, 7) is 0. The van der Waals surface area contributed by atoms with Gasteiger partial charge in [0.15, 0.2) is 0 Å². The number of hydrogen-bond acceptors (Lipinski definition) is 3. The van der Waals surface area contributed by atoms with E-state index in [1.165, 1.54) is 6.07 Å². The minimum atomic E-state index is -3.44. The monoisotopic (exact) mass is 241 g/mol. The molecule has 3 nitrogen and oxygen atoms in total. The maximum absolute atomic E-state index is 10.5. The lowest BCUT2D eigenvalue weighted by molar-refractivity contribution is 0.600. The smallest absolute Gasteiger partial charge is 0.224 e. The Kier molecular flexibility index (Phi) is 4.48. The summed E-state index contributed by atoms with van der Waals surface area (Å²) in [6, 6.07) is 15.1. The predicted octanol–water partition coefficient (Wildman–Crippen LogP) is 2.08. The lowest BCUT2D eigenvalue weighted by Gasteiger charge is -1.86. The van der Waals surface area contributed by atoms with Crippen LogP contribution in [-0.2, 0) is 10.0 Å². The summed E-state index contributed by atoms with van der Waals surface area (Å²) in [5, 5.41) is 6.45. The summed E-state index contributed by atoms with van der Waals surface area (Å²) in [5.41, 5.74) is 0. The van der Waals surface area contributed by atoms with E-state index in [9.17, 15) is 8.42 Å². The van der Waals surface area contributed by atoms with E-state index < -0.39 is 10.0 Å². The molecule has 0 fully saturated rings. The van der Waals surface area contributed by atoms with Crippen LogP contribution in [0, 0.1) is 0 Å². The second-order valence-electron chi connectivity index (χ2n) is 2.63. The van der Waals surface area contributed by atoms with Crippen LogP contribution in [0.1, 0.15) is 0 Å². The van der Waals surface area contributed by atoms with E-state index >= 15 is 0 Å². The third kappa shape index (κ3) is 4.73. The number of sulfonamides is 1. The number of hydrogen-bond donors (Lipinski definition) is 1. The Hall–Kier alpha value is -1.17. The van der Waals surface area contributed by atoms with Crippen molar-refractivity contribution in [1.82, 2.24) is 0 Å². The standard InChI is InChI=1S/C6H6.C4H5NO2S2/c1-2-4-6-5-3-1;5-9(6,7)4-2-1-3-8-4/h1-6H;1-3H,(H2,5,6,7). The van der Waals surface area contributed by atoms with Gasteiger partial charge in [-0.05, 0) is 11.4 Å². The SMILES string of the molecule is NS(=O)(=O)c1cccs1.c1ccccc1. The number of nitrogens with two attached hydrogens (primary N) is 1. The molecule has 0 spiro atoms. The molecule has 1 aromatic heterocycles. The van der Waals surface area contributed by atoms with Gasteiger partial charge >= 0.3 is 0 Å². The largest absolute Gasteiger partial charge is 0.247 e. The van der Waals surface area contributed by atoms with Crippen LogP contribution in [0.4, 0.5) is 0 Å². The minimum Gasteiger partial charge on any atom is -0.224 e. The van der Waals surface area contributed by atoms with E-state index in [1.54, 1.807) is 11.4 Å². The minimum absolute atomic E-state index is 0.211. The molecule has 0 aliphatic heterocycles. The fourth-order valence-electron chi connectivity index (χ4n) is 0.810. The van der Waals surface area contributed by atoms with Gasteiger partial charge in [0, 0.05) is 0 Å². The Labute approximate surface area is 93.2 Å². The normalized spacial score (nSPS) is 10.2. The third-order valence-corrected chi connectivity index (χ3v) is 3.79. The highest BCUT2D eigenvalue weighted by Crippen LogP contribution is 2.12. The van der Waals surface area contributed by atoms with Gasteiger partial charge in [0.25, 0.3) is 0 Å². The van der Waals surface area contributed by atoms with Gasteiger partial charge in [-0.2, -0.15) is 0 Å². The van der Waals surface area contributed by atoms with Crippen molar-refractivity contribution in [3.8, 4) is 0 Å². The molecule has 0 aliphatic carbocycles. The molecule has 1 heterocycles. The van der Waals surface area contributed by atoms with Crippen LogP contribution in [0.25, 0.3) is 0 Å². The molecule has 0 radical (unpaired) electrons. The second-order valence-corrected chi connectivity index (χ2v) is 5.37. The first-order chi connectivity index (χ1) is 7.11. The van der Waals surface area contributed by atoms with Crippen LogP contribution in [0.3, 0.4) is 0 Å². The average molecular weight is 241 g/mol. The number of primary sulfonamides is 1. The lowest BCUT2D eigenvalue weighted by atomic mass is 10.4. The van der Waals surface area contributed by atoms with Crippen LogP contribution in [0.5, 0.6) is 0 Å². The van der Waals surface area contributed by atoms with Crippen LogP contribution in [0.15, 0.2) is 58.1 Å². The van der Waals surface area contributed by atoms with Crippen molar-refractivity contribution in [2.75, 3.05) is 0 Å². The number of rotatable bonds is 1. The number of benzene rings is 1. The molecule has 0 unspecified atom stereocenters. The van der Waals surface area contributed by atoms with Gasteiger partial charge in [-0.25, -0.2) is 13.6 Å². The molecule has 2 aromatic rings. The van der Waals surface area contributed by atoms with E-state index in [-0.39, 0.29) is 4.21 Å². The molecule has 1 aromatic carbocycles. The van der Waals surface area contributed by atoms with E-state index in [4.69, 9.17) is 5.14 Å². The summed E-state index contributed by atoms with van der Waals surface area (Å²) >= 11 is 1.12. The van der Waals surface area contributed by atoms with Crippen molar-refractivity contribution >= 4 is 21.4 Å². The van der Waals surface area contributed by atoms with Crippen molar-refractivity contribution in [3.63, 3.8) is 0 Å². The highest BCUT2D eigenvalue weighted by Gasteiger charge is 2.06. The first-order valence-electron chi connectivity index (χ1n) is 4.17. The van der Waals surface area contributed by atoms with Crippen molar-refractivity contribution < 1.29 is 8.42 Å². The zero-order valence-corrected chi connectivity index (χ0v) is 9.54. The first kappa shape index (κ1) is 11.9. The van der Waals surface area contributed by atoms with Crippen molar-refractivity contribution in [1.29, 1.82) is 0 Å². The fourth-order valence-corrected chi connectivity index (χ4v) is 2.23. The van der Waals surface area contributed by atoms with Gasteiger partial charge < -0.3 is 0 Å². The Morgan fingerprint density at radius 1 is 0.933 bits per heavy atom. The van der Waals surface area contributed by atoms with Crippen LogP contribution in [-0.4, -0.2) is 8.42 Å². The maximum Gasteiger partial charge on any atom is 0.247 e. The molecular formula is C10H11NO2S2. The third-order valence-electron chi connectivity index (χ3n) is 1.44. The fraction of sp³-hybridized carbons (Fsp3) is 0. The van der Waals surface area contributed by atoms with E-state index in [1.807, 2.05) is 36.4 Å². The quantitative estimate of drug-likeness (QED) is 0.831. The molecule has 0 atom stereocenters. The van der Waals surface area contributed by atoms with E-state index in [2.05, 4.69) is 0 Å². The van der Waals surface area contributed by atoms with Crippen molar-refractivity contribution in [2.24, 2.45) is 5.14 Å². The molecule has 80 valence electrons. The van der Waals surface area contributed by atoms with Gasteiger partial charge in [0.1, 0.15) is 4.21 Å². The van der Waals surface area contributed by atoms with Crippen LogP contribution < -0.4 is 5.14 Å². The Morgan fingerprint density at radius 3 is 1.60 bits per heavy atom. The van der Waals surface area contributed by atoms with Gasteiger partial charge in [-0.15, -0.1) is 11.3 Å². The van der Waals surface area contributed by atoms with Crippen molar-refractivity contribution in [2.45, 2.75) is 4.21 Å². The van der Waals surface area contributed by atoms with Gasteiger partial charge in [0.2, 0.25) is 10.0 Å². The molecule has 0 saturated carbocycles. The zero-order valence-electron chi connectivity index (χ0n) is 7.91. The molecule has 0 amide bonds. The summed E-state index contributed by atoms with van der Waals surface area (Å²) in [4.78, 5) is 0. The molecule has 2 N–H and O–H groups in total. The molecule has 15 heavy (non-hydrogen) atoms. The molecule has 0 aliphatic rings. The molecular weight excluding hydrogens is 230 g/mol. The predicted molar refractivity (Wildman–Crippen MR) is 62.1 cm³/mol. The second kappa shape index (κ2) is 5.65. The number of thiophene rings is 1. The topological polar surface area (TPSA) is 60.2 Å². The molecule has 0 bridgehead atoms. The Balaban J connectivity index is 0.000000162.